The molecular formula is C25H33N5O4. The van der Waals surface area contributed by atoms with Crippen molar-refractivity contribution in [3.8, 4) is 5.75 Å². The predicted molar refractivity (Wildman–Crippen MR) is 128 cm³/mol. The molecule has 0 spiro atoms. The first kappa shape index (κ1) is 23.8. The van der Waals surface area contributed by atoms with E-state index in [1.807, 2.05) is 6.07 Å². The van der Waals surface area contributed by atoms with Gasteiger partial charge in [0, 0.05) is 18.7 Å². The monoisotopic (exact) mass is 467 g/mol. The molecule has 2 N–H and O–H groups in total. The van der Waals surface area contributed by atoms with Gasteiger partial charge in [-0.05, 0) is 38.3 Å². The number of nitrogens with zero attached hydrogens (tertiary/aromatic N) is 3. The maximum Gasteiger partial charge on any atom is 0.276 e. The summed E-state index contributed by atoms with van der Waals surface area (Å²) in [7, 11) is 1.53. The molecule has 3 amide bonds. The lowest BCUT2D eigenvalue weighted by Gasteiger charge is -2.43. The number of anilines is 1. The van der Waals surface area contributed by atoms with Crippen molar-refractivity contribution in [1.82, 2.24) is 20.0 Å². The standard InChI is InChI=1S/C25H33N5O4/c1-4-5-14-29-23(32)20-15-19(22(31)27-18-12-8-9-13-21(18)34-3)28-30(20)16-25(29,2)24(33)26-17-10-6-7-11-17/h8-9,12-13,15,17H,4-7,10-11,14,16H2,1-3H3,(H,26,33)(H,27,31). The molecule has 34 heavy (non-hydrogen) atoms. The lowest BCUT2D eigenvalue weighted by molar-refractivity contribution is -0.133. The van der Waals surface area contributed by atoms with Gasteiger partial charge < -0.3 is 20.3 Å². The quantitative estimate of drug-likeness (QED) is 0.620. The van der Waals surface area contributed by atoms with Crippen LogP contribution in [0.15, 0.2) is 30.3 Å². The van der Waals surface area contributed by atoms with Crippen molar-refractivity contribution in [2.45, 2.75) is 70.5 Å². The highest BCUT2D eigenvalue weighted by molar-refractivity contribution is 6.06. The number of unbranched alkanes of at least 4 members (excludes halogenated alkanes) is 1. The Morgan fingerprint density at radius 3 is 2.68 bits per heavy atom. The Kier molecular flexibility index (Phi) is 6.90. The van der Waals surface area contributed by atoms with Crippen LogP contribution < -0.4 is 15.4 Å². The van der Waals surface area contributed by atoms with Crippen LogP contribution in [0.25, 0.3) is 0 Å². The molecule has 182 valence electrons. The van der Waals surface area contributed by atoms with Gasteiger partial charge in [0.25, 0.3) is 11.8 Å². The molecule has 9 heteroatoms. The summed E-state index contributed by atoms with van der Waals surface area (Å²) in [5, 5.41) is 10.4. The van der Waals surface area contributed by atoms with Crippen molar-refractivity contribution < 1.29 is 19.1 Å². The third kappa shape index (κ3) is 4.51. The first-order valence-electron chi connectivity index (χ1n) is 12.0. The third-order valence-corrected chi connectivity index (χ3v) is 6.80. The van der Waals surface area contributed by atoms with E-state index in [9.17, 15) is 14.4 Å². The number of benzene rings is 1. The molecule has 1 atom stereocenters. The van der Waals surface area contributed by atoms with Gasteiger partial charge in [-0.15, -0.1) is 0 Å². The van der Waals surface area contributed by atoms with Crippen LogP contribution in [0.3, 0.4) is 0 Å². The summed E-state index contributed by atoms with van der Waals surface area (Å²) in [6.45, 7) is 4.51. The van der Waals surface area contributed by atoms with E-state index in [2.05, 4.69) is 22.7 Å². The minimum atomic E-state index is -1.08. The number of hydrogen-bond donors (Lipinski definition) is 2. The summed E-state index contributed by atoms with van der Waals surface area (Å²) in [6.07, 6.45) is 5.82. The molecule has 0 bridgehead atoms. The average Bonchev–Trinajstić information content (AvgIpc) is 3.49. The average molecular weight is 468 g/mol. The Hall–Kier alpha value is -3.36. The van der Waals surface area contributed by atoms with Gasteiger partial charge >= 0.3 is 0 Å². The van der Waals surface area contributed by atoms with E-state index in [-0.39, 0.29) is 30.1 Å². The SMILES string of the molecule is CCCCN1C(=O)c2cc(C(=O)Nc3ccccc3OC)nn2CC1(C)C(=O)NC1CCCC1. The fourth-order valence-electron chi connectivity index (χ4n) is 4.76. The van der Waals surface area contributed by atoms with Crippen LogP contribution >= 0.6 is 0 Å². The number of carbonyl (C=O) groups excluding carboxylic acids is 3. The van der Waals surface area contributed by atoms with E-state index in [1.165, 1.54) is 17.9 Å². The van der Waals surface area contributed by atoms with Crippen molar-refractivity contribution in [2.75, 3.05) is 19.0 Å². The van der Waals surface area contributed by atoms with Crippen molar-refractivity contribution in [3.05, 3.63) is 41.7 Å². The Morgan fingerprint density at radius 1 is 1.24 bits per heavy atom. The molecule has 1 saturated carbocycles. The van der Waals surface area contributed by atoms with Crippen molar-refractivity contribution >= 4 is 23.4 Å². The Balaban J connectivity index is 1.60. The second-order valence-corrected chi connectivity index (χ2v) is 9.27. The number of methoxy groups -OCH3 is 1. The summed E-state index contributed by atoms with van der Waals surface area (Å²) in [6, 6.07) is 8.73. The summed E-state index contributed by atoms with van der Waals surface area (Å²) in [5.74, 6) is -0.369. The van der Waals surface area contributed by atoms with Crippen LogP contribution in [-0.4, -0.2) is 57.6 Å². The van der Waals surface area contributed by atoms with Crippen molar-refractivity contribution in [2.24, 2.45) is 0 Å². The minimum absolute atomic E-state index is 0.116. The van der Waals surface area contributed by atoms with Crippen LogP contribution in [0.2, 0.25) is 0 Å². The number of ether oxygens (including phenoxy) is 1. The molecule has 1 unspecified atom stereocenters. The second-order valence-electron chi connectivity index (χ2n) is 9.27. The zero-order valence-electron chi connectivity index (χ0n) is 20.1. The predicted octanol–water partition coefficient (Wildman–Crippen LogP) is 3.22. The Labute approximate surface area is 199 Å². The number of rotatable bonds is 8. The van der Waals surface area contributed by atoms with Gasteiger partial charge in [-0.1, -0.05) is 38.3 Å². The fourth-order valence-corrected chi connectivity index (χ4v) is 4.76. The molecule has 1 aliphatic carbocycles. The molecule has 1 aliphatic heterocycles. The topological polar surface area (TPSA) is 106 Å². The first-order valence-corrected chi connectivity index (χ1v) is 12.0. The number of carbonyl (C=O) groups is 3. The molecule has 2 aliphatic rings. The minimum Gasteiger partial charge on any atom is -0.495 e. The number of para-hydroxylation sites is 2. The van der Waals surface area contributed by atoms with Gasteiger partial charge in [0.1, 0.15) is 17.0 Å². The highest BCUT2D eigenvalue weighted by atomic mass is 16.5. The van der Waals surface area contributed by atoms with E-state index in [4.69, 9.17) is 4.74 Å². The molecule has 1 aromatic carbocycles. The van der Waals surface area contributed by atoms with Crippen molar-refractivity contribution in [1.29, 1.82) is 0 Å². The van der Waals surface area contributed by atoms with Crippen LogP contribution in [0.4, 0.5) is 5.69 Å². The van der Waals surface area contributed by atoms with Crippen LogP contribution in [0, 0.1) is 0 Å². The molecular weight excluding hydrogens is 434 g/mol. The smallest absolute Gasteiger partial charge is 0.276 e. The molecule has 1 aromatic heterocycles. The first-order chi connectivity index (χ1) is 16.4. The highest BCUT2D eigenvalue weighted by Crippen LogP contribution is 2.30. The Bertz CT molecular complexity index is 1080. The number of aromatic nitrogens is 2. The highest BCUT2D eigenvalue weighted by Gasteiger charge is 2.48. The number of fused-ring (bicyclic) bond motifs is 1. The Morgan fingerprint density at radius 2 is 1.97 bits per heavy atom. The normalized spacial score (nSPS) is 20.2. The molecule has 0 saturated heterocycles. The van der Waals surface area contributed by atoms with Crippen LogP contribution in [-0.2, 0) is 11.3 Å². The summed E-state index contributed by atoms with van der Waals surface area (Å²) < 4.78 is 6.79. The molecule has 0 radical (unpaired) electrons. The van der Waals surface area contributed by atoms with Gasteiger partial charge in [-0.3, -0.25) is 19.1 Å². The number of amides is 3. The fraction of sp³-hybridized carbons (Fsp3) is 0.520. The van der Waals surface area contributed by atoms with Gasteiger partial charge in [0.2, 0.25) is 5.91 Å². The number of nitrogens with one attached hydrogen (secondary N) is 2. The van der Waals surface area contributed by atoms with Crippen LogP contribution in [0.5, 0.6) is 5.75 Å². The summed E-state index contributed by atoms with van der Waals surface area (Å²) in [5.41, 5.74) is -0.139. The zero-order chi connectivity index (χ0) is 24.3. The molecule has 2 heterocycles. The largest absolute Gasteiger partial charge is 0.495 e. The van der Waals surface area contributed by atoms with E-state index < -0.39 is 11.4 Å². The van der Waals surface area contributed by atoms with Crippen LogP contribution in [0.1, 0.15) is 73.3 Å². The van der Waals surface area contributed by atoms with Gasteiger partial charge in [-0.2, -0.15) is 5.10 Å². The van der Waals surface area contributed by atoms with E-state index in [1.54, 1.807) is 30.0 Å². The lowest BCUT2D eigenvalue weighted by Crippen LogP contribution is -2.65. The van der Waals surface area contributed by atoms with E-state index >= 15 is 0 Å². The van der Waals surface area contributed by atoms with Gasteiger partial charge in [-0.25, -0.2) is 0 Å². The lowest BCUT2D eigenvalue weighted by atomic mass is 9.94. The van der Waals surface area contributed by atoms with Crippen molar-refractivity contribution in [3.63, 3.8) is 0 Å². The number of hydrogen-bond acceptors (Lipinski definition) is 5. The summed E-state index contributed by atoms with van der Waals surface area (Å²) >= 11 is 0. The van der Waals surface area contributed by atoms with Gasteiger partial charge in [0.15, 0.2) is 5.69 Å². The molecule has 1 fully saturated rings. The zero-order valence-corrected chi connectivity index (χ0v) is 20.1. The third-order valence-electron chi connectivity index (χ3n) is 6.80. The van der Waals surface area contributed by atoms with E-state index in [0.29, 0.717) is 23.7 Å². The second kappa shape index (κ2) is 9.87. The summed E-state index contributed by atoms with van der Waals surface area (Å²) in [4.78, 5) is 41.5. The molecule has 2 aromatic rings. The maximum atomic E-state index is 13.5. The molecule has 9 nitrogen and oxygen atoms in total. The van der Waals surface area contributed by atoms with E-state index in [0.717, 1.165) is 38.5 Å². The molecule has 4 rings (SSSR count). The van der Waals surface area contributed by atoms with Gasteiger partial charge in [0.05, 0.1) is 19.3 Å². The maximum absolute atomic E-state index is 13.5.